The highest BCUT2D eigenvalue weighted by molar-refractivity contribution is 7.13. The summed E-state index contributed by atoms with van der Waals surface area (Å²) in [6.07, 6.45) is 1.39. The number of aryl methyl sites for hydroxylation is 1. The Bertz CT molecular complexity index is 566. The zero-order valence-electron chi connectivity index (χ0n) is 9.10. The third kappa shape index (κ3) is 2.51. The number of carbonyl (C=O) groups is 1. The van der Waals surface area contributed by atoms with Crippen LogP contribution in [0.25, 0.3) is 0 Å². The van der Waals surface area contributed by atoms with Gasteiger partial charge in [-0.05, 0) is 13.0 Å². The third-order valence-corrected chi connectivity index (χ3v) is 2.93. The smallest absolute Gasteiger partial charge is 0.250 e. The van der Waals surface area contributed by atoms with Gasteiger partial charge < -0.3 is 16.8 Å². The molecule has 5 N–H and O–H groups in total. The summed E-state index contributed by atoms with van der Waals surface area (Å²) in [5.41, 5.74) is 12.2. The number of thiazole rings is 1. The molecule has 0 aromatic carbocycles. The summed E-state index contributed by atoms with van der Waals surface area (Å²) < 4.78 is 0. The fraction of sp³-hybridized carbons (Fsp3) is 0.100. The average molecular weight is 249 g/mol. The second-order valence-corrected chi connectivity index (χ2v) is 4.30. The van der Waals surface area contributed by atoms with Crippen molar-refractivity contribution in [3.05, 3.63) is 28.9 Å². The molecule has 0 aliphatic carbocycles. The summed E-state index contributed by atoms with van der Waals surface area (Å²) in [4.78, 5) is 19.4. The van der Waals surface area contributed by atoms with Crippen molar-refractivity contribution in [2.45, 2.75) is 6.92 Å². The van der Waals surface area contributed by atoms with Gasteiger partial charge in [0, 0.05) is 5.38 Å². The molecule has 7 heteroatoms. The van der Waals surface area contributed by atoms with E-state index < -0.39 is 5.91 Å². The third-order valence-electron chi connectivity index (χ3n) is 2.05. The first-order valence-electron chi connectivity index (χ1n) is 4.81. The maximum absolute atomic E-state index is 11.1. The number of aromatic nitrogens is 2. The monoisotopic (exact) mass is 249 g/mol. The summed E-state index contributed by atoms with van der Waals surface area (Å²) in [5, 5.41) is 5.60. The number of primary amides is 1. The second kappa shape index (κ2) is 4.38. The number of nitrogens with two attached hydrogens (primary N) is 2. The molecule has 0 radical (unpaired) electrons. The van der Waals surface area contributed by atoms with E-state index in [2.05, 4.69) is 15.3 Å². The summed E-state index contributed by atoms with van der Waals surface area (Å²) >= 11 is 1.45. The fourth-order valence-corrected chi connectivity index (χ4v) is 1.96. The van der Waals surface area contributed by atoms with Gasteiger partial charge in [0.05, 0.1) is 23.1 Å². The van der Waals surface area contributed by atoms with Gasteiger partial charge in [-0.1, -0.05) is 0 Å². The van der Waals surface area contributed by atoms with E-state index in [1.165, 1.54) is 23.6 Å². The number of hydrogen-bond acceptors (Lipinski definition) is 6. The molecule has 1 amide bonds. The van der Waals surface area contributed by atoms with Gasteiger partial charge in [-0.25, -0.2) is 9.97 Å². The number of anilines is 3. The molecule has 0 bridgehead atoms. The predicted octanol–water partition coefficient (Wildman–Crippen LogP) is 1.27. The van der Waals surface area contributed by atoms with Crippen LogP contribution in [-0.4, -0.2) is 15.9 Å². The Morgan fingerprint density at radius 1 is 1.53 bits per heavy atom. The van der Waals surface area contributed by atoms with Crippen LogP contribution in [0.2, 0.25) is 0 Å². The molecule has 0 fully saturated rings. The number of hydrogen-bond donors (Lipinski definition) is 3. The highest BCUT2D eigenvalue weighted by atomic mass is 32.1. The standard InChI is InChI=1S/C10H11N5OS/c1-5-4-17-10(14-5)15-8-2-6(9(12)16)7(11)3-13-8/h2-4H,11H2,1H3,(H2,12,16)(H,13,14,15). The maximum atomic E-state index is 11.1. The van der Waals surface area contributed by atoms with E-state index in [0.29, 0.717) is 10.9 Å². The summed E-state index contributed by atoms with van der Waals surface area (Å²) in [6.45, 7) is 1.90. The molecular weight excluding hydrogens is 238 g/mol. The van der Waals surface area contributed by atoms with E-state index >= 15 is 0 Å². The summed E-state index contributed by atoms with van der Waals surface area (Å²) in [7, 11) is 0. The van der Waals surface area contributed by atoms with Gasteiger partial charge >= 0.3 is 0 Å². The Kier molecular flexibility index (Phi) is 2.92. The van der Waals surface area contributed by atoms with Gasteiger partial charge in [-0.2, -0.15) is 0 Å². The van der Waals surface area contributed by atoms with Crippen LogP contribution in [0.1, 0.15) is 16.1 Å². The lowest BCUT2D eigenvalue weighted by Crippen LogP contribution is -2.14. The predicted molar refractivity (Wildman–Crippen MR) is 67.3 cm³/mol. The molecule has 0 aliphatic rings. The molecule has 0 atom stereocenters. The van der Waals surface area contributed by atoms with Crippen LogP contribution in [0.4, 0.5) is 16.6 Å². The Balaban J connectivity index is 2.28. The minimum Gasteiger partial charge on any atom is -0.397 e. The van der Waals surface area contributed by atoms with Crippen LogP contribution in [-0.2, 0) is 0 Å². The van der Waals surface area contributed by atoms with Crippen LogP contribution in [0.5, 0.6) is 0 Å². The lowest BCUT2D eigenvalue weighted by Gasteiger charge is -2.05. The topological polar surface area (TPSA) is 107 Å². The quantitative estimate of drug-likeness (QED) is 0.759. The van der Waals surface area contributed by atoms with Gasteiger partial charge in [-0.15, -0.1) is 11.3 Å². The van der Waals surface area contributed by atoms with Crippen molar-refractivity contribution >= 4 is 33.9 Å². The number of rotatable bonds is 3. The van der Waals surface area contributed by atoms with Crippen LogP contribution in [0.15, 0.2) is 17.6 Å². The number of nitrogens with zero attached hydrogens (tertiary/aromatic N) is 2. The van der Waals surface area contributed by atoms with Gasteiger partial charge in [0.25, 0.3) is 5.91 Å². The lowest BCUT2D eigenvalue weighted by atomic mass is 10.2. The van der Waals surface area contributed by atoms with E-state index in [4.69, 9.17) is 11.5 Å². The van der Waals surface area contributed by atoms with Gasteiger partial charge in [0.2, 0.25) is 0 Å². The molecule has 2 aromatic heterocycles. The average Bonchev–Trinajstić information content (AvgIpc) is 2.66. The molecule has 0 saturated heterocycles. The number of nitrogen functional groups attached to an aromatic ring is 1. The second-order valence-electron chi connectivity index (χ2n) is 3.44. The van der Waals surface area contributed by atoms with E-state index in [1.54, 1.807) is 0 Å². The van der Waals surface area contributed by atoms with Crippen molar-refractivity contribution in [2.75, 3.05) is 11.1 Å². The van der Waals surface area contributed by atoms with Crippen LogP contribution < -0.4 is 16.8 Å². The Labute approximate surface area is 102 Å². The first-order valence-corrected chi connectivity index (χ1v) is 5.68. The zero-order chi connectivity index (χ0) is 12.4. The fourth-order valence-electron chi connectivity index (χ4n) is 1.27. The molecule has 6 nitrogen and oxygen atoms in total. The van der Waals surface area contributed by atoms with Crippen molar-refractivity contribution in [3.8, 4) is 0 Å². The van der Waals surface area contributed by atoms with Crippen molar-refractivity contribution in [3.63, 3.8) is 0 Å². The molecule has 0 spiro atoms. The molecule has 0 unspecified atom stereocenters. The normalized spacial score (nSPS) is 10.2. The van der Waals surface area contributed by atoms with Crippen molar-refractivity contribution in [2.24, 2.45) is 5.73 Å². The molecule has 0 aliphatic heterocycles. The molecular formula is C10H11N5OS. The molecule has 2 rings (SSSR count). The minimum absolute atomic E-state index is 0.246. The van der Waals surface area contributed by atoms with Crippen LogP contribution >= 0.6 is 11.3 Å². The van der Waals surface area contributed by atoms with Gasteiger partial charge in [0.15, 0.2) is 5.13 Å². The van der Waals surface area contributed by atoms with Gasteiger partial charge in [-0.3, -0.25) is 4.79 Å². The maximum Gasteiger partial charge on any atom is 0.250 e. The summed E-state index contributed by atoms with van der Waals surface area (Å²) in [5.74, 6) is -0.0920. The van der Waals surface area contributed by atoms with Crippen molar-refractivity contribution in [1.82, 2.24) is 9.97 Å². The van der Waals surface area contributed by atoms with E-state index in [-0.39, 0.29) is 11.3 Å². The van der Waals surface area contributed by atoms with Crippen LogP contribution in [0, 0.1) is 6.92 Å². The Morgan fingerprint density at radius 3 is 2.88 bits per heavy atom. The number of pyridine rings is 1. The molecule has 17 heavy (non-hydrogen) atoms. The first-order chi connectivity index (χ1) is 8.06. The van der Waals surface area contributed by atoms with Crippen LogP contribution in [0.3, 0.4) is 0 Å². The number of nitrogens with one attached hydrogen (secondary N) is 1. The minimum atomic E-state index is -0.580. The Morgan fingerprint density at radius 2 is 2.29 bits per heavy atom. The highest BCUT2D eigenvalue weighted by Crippen LogP contribution is 2.21. The highest BCUT2D eigenvalue weighted by Gasteiger charge is 2.08. The molecule has 2 heterocycles. The van der Waals surface area contributed by atoms with E-state index in [1.807, 2.05) is 12.3 Å². The van der Waals surface area contributed by atoms with Crippen molar-refractivity contribution < 1.29 is 4.79 Å². The van der Waals surface area contributed by atoms with E-state index in [9.17, 15) is 4.79 Å². The Hall–Kier alpha value is -2.15. The number of carbonyl (C=O) groups excluding carboxylic acids is 1. The molecule has 88 valence electrons. The van der Waals surface area contributed by atoms with E-state index in [0.717, 1.165) is 5.69 Å². The van der Waals surface area contributed by atoms with Gasteiger partial charge in [0.1, 0.15) is 5.82 Å². The number of amides is 1. The molecule has 2 aromatic rings. The lowest BCUT2D eigenvalue weighted by molar-refractivity contribution is 0.100. The largest absolute Gasteiger partial charge is 0.397 e. The van der Waals surface area contributed by atoms with Crippen molar-refractivity contribution in [1.29, 1.82) is 0 Å². The first kappa shape index (κ1) is 11.3. The SMILES string of the molecule is Cc1csc(Nc2cc(C(N)=O)c(N)cn2)n1. The molecule has 0 saturated carbocycles. The zero-order valence-corrected chi connectivity index (χ0v) is 9.91. The summed E-state index contributed by atoms with van der Waals surface area (Å²) in [6, 6.07) is 1.51.